The summed E-state index contributed by atoms with van der Waals surface area (Å²) in [6, 6.07) is 20.0. The summed E-state index contributed by atoms with van der Waals surface area (Å²) in [5.41, 5.74) is 3.03. The molecule has 4 rings (SSSR count). The van der Waals surface area contributed by atoms with E-state index >= 15 is 0 Å². The molecule has 0 amide bonds. The van der Waals surface area contributed by atoms with Gasteiger partial charge in [-0.15, -0.1) is 0 Å². The highest BCUT2D eigenvalue weighted by molar-refractivity contribution is 6.30. The third-order valence-corrected chi connectivity index (χ3v) is 4.69. The van der Waals surface area contributed by atoms with Crippen molar-refractivity contribution in [2.75, 3.05) is 5.01 Å². The number of hydrogen-bond acceptors (Lipinski definition) is 2. The van der Waals surface area contributed by atoms with Crippen molar-refractivity contribution >= 4 is 23.0 Å². The van der Waals surface area contributed by atoms with Gasteiger partial charge in [-0.25, -0.2) is 8.78 Å². The first-order valence-electron chi connectivity index (χ1n) is 8.24. The van der Waals surface area contributed by atoms with Crippen LogP contribution in [-0.4, -0.2) is 5.71 Å². The zero-order valence-electron chi connectivity index (χ0n) is 13.7. The molecule has 2 nitrogen and oxygen atoms in total. The lowest BCUT2D eigenvalue weighted by atomic mass is 9.98. The molecule has 1 heterocycles. The van der Waals surface area contributed by atoms with Crippen LogP contribution in [0, 0.1) is 11.6 Å². The number of halogens is 3. The quantitative estimate of drug-likeness (QED) is 0.555. The maximum absolute atomic E-state index is 14.4. The minimum absolute atomic E-state index is 0.210. The Labute approximate surface area is 155 Å². The number of nitrogens with zero attached hydrogens (tertiary/aromatic N) is 2. The maximum Gasteiger partial charge on any atom is 0.148 e. The maximum atomic E-state index is 14.4. The second-order valence-corrected chi connectivity index (χ2v) is 6.56. The Bertz CT molecular complexity index is 953. The number of hydrazone groups is 1. The lowest BCUT2D eigenvalue weighted by Gasteiger charge is -2.24. The monoisotopic (exact) mass is 368 g/mol. The molecule has 0 aromatic heterocycles. The highest BCUT2D eigenvalue weighted by Crippen LogP contribution is 2.37. The van der Waals surface area contributed by atoms with Crippen LogP contribution in [0.3, 0.4) is 0 Å². The minimum atomic E-state index is -0.347. The van der Waals surface area contributed by atoms with E-state index in [2.05, 4.69) is 5.10 Å². The van der Waals surface area contributed by atoms with Crippen LogP contribution in [0.15, 0.2) is 77.9 Å². The molecule has 0 radical (unpaired) electrons. The van der Waals surface area contributed by atoms with Gasteiger partial charge in [0.05, 0.1) is 17.4 Å². The van der Waals surface area contributed by atoms with Gasteiger partial charge in [0.15, 0.2) is 0 Å². The standard InChI is InChI=1S/C21H15ClF2N2/c22-16-9-5-14(6-10-16)19-13-21(15-7-11-17(23)12-8-15)26(25-19)20-4-2-1-3-18(20)24/h1-12,21H,13H2/t21-/m0/s1. The van der Waals surface area contributed by atoms with Gasteiger partial charge in [0.1, 0.15) is 11.6 Å². The predicted molar refractivity (Wildman–Crippen MR) is 101 cm³/mol. The van der Waals surface area contributed by atoms with Crippen LogP contribution >= 0.6 is 11.6 Å². The molecule has 1 atom stereocenters. The zero-order chi connectivity index (χ0) is 18.1. The van der Waals surface area contributed by atoms with Crippen molar-refractivity contribution in [2.45, 2.75) is 12.5 Å². The first kappa shape index (κ1) is 16.7. The average molecular weight is 369 g/mol. The smallest absolute Gasteiger partial charge is 0.148 e. The number of anilines is 1. The summed E-state index contributed by atoms with van der Waals surface area (Å²) in [7, 11) is 0. The largest absolute Gasteiger partial charge is 0.254 e. The third kappa shape index (κ3) is 3.20. The van der Waals surface area contributed by atoms with E-state index in [0.717, 1.165) is 16.8 Å². The molecule has 1 aliphatic heterocycles. The van der Waals surface area contributed by atoms with Gasteiger partial charge >= 0.3 is 0 Å². The van der Waals surface area contributed by atoms with Gasteiger partial charge in [0.25, 0.3) is 0 Å². The van der Waals surface area contributed by atoms with E-state index in [1.165, 1.54) is 18.2 Å². The van der Waals surface area contributed by atoms with Crippen molar-refractivity contribution < 1.29 is 8.78 Å². The highest BCUT2D eigenvalue weighted by atomic mass is 35.5. The number of benzene rings is 3. The highest BCUT2D eigenvalue weighted by Gasteiger charge is 2.31. The summed E-state index contributed by atoms with van der Waals surface area (Å²) in [5, 5.41) is 6.99. The molecule has 1 aliphatic rings. The molecule has 0 saturated heterocycles. The fourth-order valence-corrected chi connectivity index (χ4v) is 3.26. The van der Waals surface area contributed by atoms with Crippen LogP contribution < -0.4 is 5.01 Å². The molecular formula is C21H15ClF2N2. The van der Waals surface area contributed by atoms with Crippen LogP contribution in [0.4, 0.5) is 14.5 Å². The lowest BCUT2D eigenvalue weighted by molar-refractivity contribution is 0.603. The predicted octanol–water partition coefficient (Wildman–Crippen LogP) is 5.97. The SMILES string of the molecule is Fc1ccc([C@@H]2CC(c3ccc(Cl)cc3)=NN2c2ccccc2F)cc1. The molecule has 0 aliphatic carbocycles. The molecule has 0 saturated carbocycles. The molecule has 0 spiro atoms. The molecule has 5 heteroatoms. The second kappa shape index (κ2) is 6.89. The van der Waals surface area contributed by atoms with Gasteiger partial charge in [-0.2, -0.15) is 5.10 Å². The lowest BCUT2D eigenvalue weighted by Crippen LogP contribution is -2.19. The molecule has 0 N–H and O–H groups in total. The van der Waals surface area contributed by atoms with E-state index in [4.69, 9.17) is 11.6 Å². The van der Waals surface area contributed by atoms with Gasteiger partial charge in [0.2, 0.25) is 0 Å². The van der Waals surface area contributed by atoms with E-state index in [1.54, 1.807) is 47.5 Å². The van der Waals surface area contributed by atoms with E-state index in [0.29, 0.717) is 17.1 Å². The van der Waals surface area contributed by atoms with Crippen LogP contribution in [0.5, 0.6) is 0 Å². The normalized spacial score (nSPS) is 16.7. The Morgan fingerprint density at radius 2 is 1.58 bits per heavy atom. The van der Waals surface area contributed by atoms with E-state index < -0.39 is 0 Å². The summed E-state index contributed by atoms with van der Waals surface area (Å²) in [4.78, 5) is 0. The summed E-state index contributed by atoms with van der Waals surface area (Å²) in [6.07, 6.45) is 0.585. The van der Waals surface area contributed by atoms with E-state index in [9.17, 15) is 8.78 Å². The number of para-hydroxylation sites is 1. The summed E-state index contributed by atoms with van der Waals surface area (Å²) < 4.78 is 27.7. The molecule has 0 bridgehead atoms. The van der Waals surface area contributed by atoms with Crippen LogP contribution in [0.2, 0.25) is 5.02 Å². The second-order valence-electron chi connectivity index (χ2n) is 6.12. The van der Waals surface area contributed by atoms with Crippen LogP contribution in [0.1, 0.15) is 23.6 Å². The van der Waals surface area contributed by atoms with Crippen molar-refractivity contribution in [3.63, 3.8) is 0 Å². The van der Waals surface area contributed by atoms with Gasteiger partial charge in [-0.05, 0) is 47.5 Å². The Morgan fingerprint density at radius 3 is 2.27 bits per heavy atom. The summed E-state index contributed by atoms with van der Waals surface area (Å²) in [5.74, 6) is -0.649. The Hall–Kier alpha value is -2.72. The van der Waals surface area contributed by atoms with Gasteiger partial charge in [0, 0.05) is 11.4 Å². The molecule has 130 valence electrons. The summed E-state index contributed by atoms with van der Waals surface area (Å²) >= 11 is 5.97. The Kier molecular flexibility index (Phi) is 4.43. The van der Waals surface area contributed by atoms with Crippen molar-refractivity contribution in [3.8, 4) is 0 Å². The molecule has 0 unspecified atom stereocenters. The molecule has 0 fully saturated rings. The third-order valence-electron chi connectivity index (χ3n) is 4.44. The Balaban J connectivity index is 1.77. The summed E-state index contributed by atoms with van der Waals surface area (Å²) in [6.45, 7) is 0. The van der Waals surface area contributed by atoms with E-state index in [1.807, 2.05) is 12.1 Å². The first-order chi connectivity index (χ1) is 12.6. The molecular weight excluding hydrogens is 354 g/mol. The molecule has 26 heavy (non-hydrogen) atoms. The first-order valence-corrected chi connectivity index (χ1v) is 8.62. The fourth-order valence-electron chi connectivity index (χ4n) is 3.13. The van der Waals surface area contributed by atoms with Gasteiger partial charge < -0.3 is 0 Å². The van der Waals surface area contributed by atoms with Crippen molar-refractivity contribution in [1.29, 1.82) is 0 Å². The van der Waals surface area contributed by atoms with E-state index in [-0.39, 0.29) is 17.7 Å². The van der Waals surface area contributed by atoms with Gasteiger partial charge in [-0.1, -0.05) is 48.0 Å². The number of rotatable bonds is 3. The zero-order valence-corrected chi connectivity index (χ0v) is 14.5. The number of hydrogen-bond donors (Lipinski definition) is 0. The topological polar surface area (TPSA) is 15.6 Å². The van der Waals surface area contributed by atoms with Crippen molar-refractivity contribution in [2.24, 2.45) is 5.10 Å². The molecule has 3 aromatic carbocycles. The fraction of sp³-hybridized carbons (Fsp3) is 0.0952. The van der Waals surface area contributed by atoms with Crippen molar-refractivity contribution in [1.82, 2.24) is 0 Å². The van der Waals surface area contributed by atoms with Crippen LogP contribution in [-0.2, 0) is 0 Å². The van der Waals surface area contributed by atoms with Crippen LogP contribution in [0.25, 0.3) is 0 Å². The van der Waals surface area contributed by atoms with Crippen molar-refractivity contribution in [3.05, 3.63) is 101 Å². The Morgan fingerprint density at radius 1 is 0.885 bits per heavy atom. The molecule has 3 aromatic rings. The van der Waals surface area contributed by atoms with Gasteiger partial charge in [-0.3, -0.25) is 5.01 Å². The minimum Gasteiger partial charge on any atom is -0.254 e. The average Bonchev–Trinajstić information content (AvgIpc) is 3.08.